The van der Waals surface area contributed by atoms with E-state index in [0.29, 0.717) is 24.0 Å². The van der Waals surface area contributed by atoms with Crippen molar-refractivity contribution in [3.05, 3.63) is 30.0 Å². The molecule has 0 radical (unpaired) electrons. The highest BCUT2D eigenvalue weighted by Crippen LogP contribution is 2.26. The summed E-state index contributed by atoms with van der Waals surface area (Å²) < 4.78 is 0. The van der Waals surface area contributed by atoms with Crippen LogP contribution in [-0.4, -0.2) is 39.2 Å². The van der Waals surface area contributed by atoms with Gasteiger partial charge in [0, 0.05) is 18.5 Å². The Labute approximate surface area is 181 Å². The van der Waals surface area contributed by atoms with E-state index in [2.05, 4.69) is 24.0 Å². The Hall–Kier alpha value is -2.17. The van der Waals surface area contributed by atoms with E-state index in [1.807, 2.05) is 17.0 Å². The molecule has 0 bridgehead atoms. The van der Waals surface area contributed by atoms with Crippen LogP contribution in [0.4, 0.5) is 0 Å². The zero-order chi connectivity index (χ0) is 21.6. The number of amides is 1. The van der Waals surface area contributed by atoms with Crippen molar-refractivity contribution in [2.75, 3.05) is 13.1 Å². The number of rotatable bonds is 15. The van der Waals surface area contributed by atoms with E-state index in [0.717, 1.165) is 25.7 Å². The van der Waals surface area contributed by atoms with Crippen LogP contribution >= 0.6 is 0 Å². The number of carbonyl (C=O) groups excluding carboxylic acids is 1. The van der Waals surface area contributed by atoms with Crippen LogP contribution in [0.1, 0.15) is 101 Å². The van der Waals surface area contributed by atoms with Crippen LogP contribution in [0, 0.1) is 0 Å². The molecule has 0 fully saturated rings. The summed E-state index contributed by atoms with van der Waals surface area (Å²) in [4.78, 5) is 15.1. The van der Waals surface area contributed by atoms with Gasteiger partial charge in [-0.2, -0.15) is 0 Å². The van der Waals surface area contributed by atoms with Gasteiger partial charge in [0.05, 0.1) is 5.52 Å². The van der Waals surface area contributed by atoms with Crippen molar-refractivity contribution >= 4 is 16.8 Å². The van der Waals surface area contributed by atoms with E-state index < -0.39 is 0 Å². The summed E-state index contributed by atoms with van der Waals surface area (Å²) in [6, 6.07) is 7.26. The summed E-state index contributed by atoms with van der Waals surface area (Å²) in [5.41, 5.74) is 0.676. The summed E-state index contributed by atoms with van der Waals surface area (Å²) in [7, 11) is 0. The summed E-state index contributed by atoms with van der Waals surface area (Å²) in [5, 5.41) is 19.5. The number of nitrogens with zero attached hydrogens (tertiary/aromatic N) is 3. The first-order valence-corrected chi connectivity index (χ1v) is 11.9. The van der Waals surface area contributed by atoms with Crippen LogP contribution in [0.5, 0.6) is 5.75 Å². The lowest BCUT2D eigenvalue weighted by atomic mass is 10.1. The minimum absolute atomic E-state index is 0.0542. The number of fused-ring (bicyclic) bond motifs is 1. The maximum absolute atomic E-state index is 13.2. The van der Waals surface area contributed by atoms with Crippen LogP contribution in [0.3, 0.4) is 0 Å². The number of unbranched alkanes of at least 4 members (excludes halogenated alkanes) is 10. The zero-order valence-corrected chi connectivity index (χ0v) is 18.9. The van der Waals surface area contributed by atoms with Gasteiger partial charge in [-0.1, -0.05) is 90.2 Å². The zero-order valence-electron chi connectivity index (χ0n) is 18.9. The van der Waals surface area contributed by atoms with Gasteiger partial charge < -0.3 is 10.0 Å². The molecular formula is C25H39N3O2. The van der Waals surface area contributed by atoms with Crippen LogP contribution in [-0.2, 0) is 0 Å². The first kappa shape index (κ1) is 24.1. The lowest BCUT2D eigenvalue weighted by Crippen LogP contribution is -2.34. The number of benzene rings is 1. The average molecular weight is 414 g/mol. The van der Waals surface area contributed by atoms with Crippen LogP contribution in [0.2, 0.25) is 0 Å². The minimum Gasteiger partial charge on any atom is -0.505 e. The first-order chi connectivity index (χ1) is 14.7. The molecule has 30 heavy (non-hydrogen) atoms. The van der Waals surface area contributed by atoms with Gasteiger partial charge in [-0.05, 0) is 25.0 Å². The van der Waals surface area contributed by atoms with Crippen molar-refractivity contribution in [1.82, 2.24) is 15.1 Å². The van der Waals surface area contributed by atoms with Crippen molar-refractivity contribution in [2.24, 2.45) is 0 Å². The lowest BCUT2D eigenvalue weighted by Gasteiger charge is -2.23. The molecule has 5 heteroatoms. The molecule has 0 spiro atoms. The van der Waals surface area contributed by atoms with Gasteiger partial charge in [-0.15, -0.1) is 10.2 Å². The molecule has 1 heterocycles. The molecule has 0 aliphatic heterocycles. The molecule has 1 aromatic heterocycles. The summed E-state index contributed by atoms with van der Waals surface area (Å²) in [6.07, 6.45) is 14.2. The minimum atomic E-state index is -0.201. The van der Waals surface area contributed by atoms with Crippen LogP contribution in [0.25, 0.3) is 10.9 Å². The maximum Gasteiger partial charge on any atom is 0.278 e. The third kappa shape index (κ3) is 7.58. The highest BCUT2D eigenvalue weighted by Gasteiger charge is 2.22. The Balaban J connectivity index is 2.00. The average Bonchev–Trinajstić information content (AvgIpc) is 2.77. The van der Waals surface area contributed by atoms with Gasteiger partial charge >= 0.3 is 0 Å². The van der Waals surface area contributed by atoms with Gasteiger partial charge in [0.2, 0.25) is 0 Å². The van der Waals surface area contributed by atoms with E-state index in [1.54, 1.807) is 12.1 Å². The number of hydrogen-bond acceptors (Lipinski definition) is 4. The van der Waals surface area contributed by atoms with Crippen molar-refractivity contribution in [3.63, 3.8) is 0 Å². The van der Waals surface area contributed by atoms with Gasteiger partial charge in [0.1, 0.15) is 0 Å². The first-order valence-electron chi connectivity index (χ1n) is 11.9. The van der Waals surface area contributed by atoms with Gasteiger partial charge in [0.25, 0.3) is 5.91 Å². The number of hydrogen-bond donors (Lipinski definition) is 1. The Bertz CT molecular complexity index is 747. The Morgan fingerprint density at radius 2 is 1.33 bits per heavy atom. The molecule has 5 nitrogen and oxygen atoms in total. The highest BCUT2D eigenvalue weighted by molar-refractivity contribution is 6.00. The number of aromatic nitrogens is 2. The van der Waals surface area contributed by atoms with Gasteiger partial charge in [-0.3, -0.25) is 4.79 Å². The topological polar surface area (TPSA) is 66.3 Å². The van der Waals surface area contributed by atoms with Gasteiger partial charge in [0.15, 0.2) is 11.4 Å². The molecule has 2 aromatic rings. The molecule has 0 saturated carbocycles. The highest BCUT2D eigenvalue weighted by atomic mass is 16.3. The fourth-order valence-corrected chi connectivity index (χ4v) is 3.81. The quantitative estimate of drug-likeness (QED) is 0.338. The maximum atomic E-state index is 13.2. The molecule has 1 aromatic carbocycles. The van der Waals surface area contributed by atoms with Crippen LogP contribution in [0.15, 0.2) is 24.3 Å². The van der Waals surface area contributed by atoms with Crippen molar-refractivity contribution in [2.45, 2.75) is 90.9 Å². The van der Waals surface area contributed by atoms with E-state index in [1.165, 1.54) is 51.4 Å². The van der Waals surface area contributed by atoms with Crippen LogP contribution < -0.4 is 0 Å². The fraction of sp³-hybridized carbons (Fsp3) is 0.640. The summed E-state index contributed by atoms with van der Waals surface area (Å²) in [5.74, 6) is -0.255. The SMILES string of the molecule is CCCCCCCCN(CCCCCCCC)C(=O)c1nnc2ccccc2c1O. The fourth-order valence-electron chi connectivity index (χ4n) is 3.81. The van der Waals surface area contributed by atoms with Crippen molar-refractivity contribution in [3.8, 4) is 5.75 Å². The van der Waals surface area contributed by atoms with Crippen molar-refractivity contribution < 1.29 is 9.90 Å². The van der Waals surface area contributed by atoms with E-state index in [9.17, 15) is 9.90 Å². The summed E-state index contributed by atoms with van der Waals surface area (Å²) in [6.45, 7) is 5.87. The van der Waals surface area contributed by atoms with E-state index >= 15 is 0 Å². The molecule has 0 aliphatic rings. The molecule has 2 rings (SSSR count). The number of carbonyl (C=O) groups is 1. The molecule has 166 valence electrons. The molecule has 0 atom stereocenters. The summed E-state index contributed by atoms with van der Waals surface area (Å²) >= 11 is 0. The van der Waals surface area contributed by atoms with Crippen molar-refractivity contribution in [1.29, 1.82) is 0 Å². The lowest BCUT2D eigenvalue weighted by molar-refractivity contribution is 0.0739. The third-order valence-electron chi connectivity index (χ3n) is 5.69. The smallest absolute Gasteiger partial charge is 0.278 e. The predicted molar refractivity (Wildman–Crippen MR) is 124 cm³/mol. The second kappa shape index (κ2) is 13.9. The second-order valence-corrected chi connectivity index (χ2v) is 8.24. The molecular weight excluding hydrogens is 374 g/mol. The largest absolute Gasteiger partial charge is 0.505 e. The monoisotopic (exact) mass is 413 g/mol. The molecule has 1 amide bonds. The Morgan fingerprint density at radius 1 is 0.800 bits per heavy atom. The standard InChI is InChI=1S/C25H39N3O2/c1-3-5-7-9-11-15-19-28(20-16-12-10-8-6-4-2)25(30)23-24(29)21-17-13-14-18-22(21)26-27-23/h13-14,17-18H,3-12,15-16,19-20H2,1-2H3,(H,26,29). The Morgan fingerprint density at radius 3 is 1.93 bits per heavy atom. The molecule has 0 unspecified atom stereocenters. The van der Waals surface area contributed by atoms with E-state index in [4.69, 9.17) is 0 Å². The normalized spacial score (nSPS) is 11.1. The second-order valence-electron chi connectivity index (χ2n) is 8.24. The van der Waals surface area contributed by atoms with E-state index in [-0.39, 0.29) is 17.4 Å². The van der Waals surface area contributed by atoms with Gasteiger partial charge in [-0.25, -0.2) is 0 Å². The molecule has 1 N–H and O–H groups in total. The predicted octanol–water partition coefficient (Wildman–Crippen LogP) is 6.50. The molecule has 0 aliphatic carbocycles. The number of aromatic hydroxyl groups is 1. The Kier molecular flexibility index (Phi) is 11.2. The molecule has 0 saturated heterocycles. The third-order valence-corrected chi connectivity index (χ3v) is 5.69.